The minimum atomic E-state index is 0.816. The van der Waals surface area contributed by atoms with Crippen LogP contribution in [0.1, 0.15) is 44.6 Å². The molecule has 16 heavy (non-hydrogen) atoms. The van der Waals surface area contributed by atoms with E-state index in [4.69, 9.17) is 0 Å². The summed E-state index contributed by atoms with van der Waals surface area (Å²) in [5.74, 6) is 2.54. The fourth-order valence-corrected chi connectivity index (χ4v) is 2.86. The Bertz CT molecular complexity index is 336. The maximum atomic E-state index is 2.42. The van der Waals surface area contributed by atoms with E-state index in [0.717, 1.165) is 17.8 Å². The number of benzene rings is 1. The summed E-state index contributed by atoms with van der Waals surface area (Å²) in [5, 5.41) is 0. The second kappa shape index (κ2) is 5.34. The van der Waals surface area contributed by atoms with E-state index < -0.39 is 0 Å². The molecule has 0 aromatic heterocycles. The zero-order valence-corrected chi connectivity index (χ0v) is 10.4. The molecule has 0 N–H and O–H groups in total. The summed E-state index contributed by atoms with van der Waals surface area (Å²) in [6.07, 6.45) is 8.86. The largest absolute Gasteiger partial charge is 0.0851 e. The quantitative estimate of drug-likeness (QED) is 0.590. The van der Waals surface area contributed by atoms with E-state index in [0.29, 0.717) is 0 Å². The minimum Gasteiger partial charge on any atom is -0.0851 e. The SMILES string of the molecule is C1=CC2CC1CC2c1ccccc1.CCC. The zero-order chi connectivity index (χ0) is 11.4. The van der Waals surface area contributed by atoms with Crippen LogP contribution in [-0.4, -0.2) is 0 Å². The lowest BCUT2D eigenvalue weighted by atomic mass is 9.87. The van der Waals surface area contributed by atoms with E-state index in [2.05, 4.69) is 56.3 Å². The summed E-state index contributed by atoms with van der Waals surface area (Å²) in [5.41, 5.74) is 1.54. The van der Waals surface area contributed by atoms with E-state index in [-0.39, 0.29) is 0 Å². The molecule has 0 heterocycles. The van der Waals surface area contributed by atoms with Crippen molar-refractivity contribution >= 4 is 0 Å². The van der Waals surface area contributed by atoms with Crippen molar-refractivity contribution in [3.8, 4) is 0 Å². The smallest absolute Gasteiger partial charge is 0.00932 e. The van der Waals surface area contributed by atoms with E-state index in [1.54, 1.807) is 5.56 Å². The van der Waals surface area contributed by atoms with E-state index >= 15 is 0 Å². The van der Waals surface area contributed by atoms with Gasteiger partial charge in [-0.2, -0.15) is 0 Å². The highest BCUT2D eigenvalue weighted by Gasteiger charge is 2.35. The maximum absolute atomic E-state index is 2.42. The van der Waals surface area contributed by atoms with Crippen LogP contribution in [0.4, 0.5) is 0 Å². The van der Waals surface area contributed by atoms with Gasteiger partial charge in [0.1, 0.15) is 0 Å². The lowest BCUT2D eigenvalue weighted by Gasteiger charge is -2.17. The average molecular weight is 214 g/mol. The Morgan fingerprint density at radius 2 is 1.69 bits per heavy atom. The average Bonchev–Trinajstić information content (AvgIpc) is 2.93. The van der Waals surface area contributed by atoms with Crippen molar-refractivity contribution in [2.75, 3.05) is 0 Å². The molecule has 0 saturated heterocycles. The molecule has 2 aliphatic rings. The van der Waals surface area contributed by atoms with Crippen LogP contribution < -0.4 is 0 Å². The molecular weight excluding hydrogens is 192 g/mol. The van der Waals surface area contributed by atoms with Crippen molar-refractivity contribution in [3.05, 3.63) is 48.0 Å². The molecule has 1 aromatic rings. The molecule has 0 aliphatic heterocycles. The third kappa shape index (κ3) is 2.37. The van der Waals surface area contributed by atoms with Gasteiger partial charge in [0.15, 0.2) is 0 Å². The first-order valence-electron chi connectivity index (χ1n) is 6.58. The standard InChI is InChI=1S/C13H14.C3H8/c1-2-4-11(5-3-1)13-9-10-6-7-12(13)8-10;1-3-2/h1-7,10,12-13H,8-9H2;3H2,1-2H3. The maximum Gasteiger partial charge on any atom is -0.00932 e. The molecule has 3 rings (SSSR count). The molecule has 2 bridgehead atoms. The monoisotopic (exact) mass is 214 g/mol. The molecule has 1 fully saturated rings. The van der Waals surface area contributed by atoms with Gasteiger partial charge in [0.25, 0.3) is 0 Å². The van der Waals surface area contributed by atoms with Crippen LogP contribution in [0.25, 0.3) is 0 Å². The van der Waals surface area contributed by atoms with Crippen molar-refractivity contribution < 1.29 is 0 Å². The number of rotatable bonds is 1. The Labute approximate surface area is 99.4 Å². The number of allylic oxidation sites excluding steroid dienone is 2. The van der Waals surface area contributed by atoms with E-state index in [9.17, 15) is 0 Å². The van der Waals surface area contributed by atoms with Gasteiger partial charge in [0, 0.05) is 0 Å². The summed E-state index contributed by atoms with van der Waals surface area (Å²) in [7, 11) is 0. The van der Waals surface area contributed by atoms with Gasteiger partial charge in [-0.05, 0) is 36.2 Å². The first kappa shape index (κ1) is 11.4. The van der Waals surface area contributed by atoms with Crippen molar-refractivity contribution in [1.29, 1.82) is 0 Å². The molecule has 0 radical (unpaired) electrons. The third-order valence-corrected chi connectivity index (χ3v) is 3.51. The van der Waals surface area contributed by atoms with Crippen molar-refractivity contribution in [1.82, 2.24) is 0 Å². The Balaban J connectivity index is 0.000000292. The first-order valence-corrected chi connectivity index (χ1v) is 6.58. The summed E-state index contributed by atoms with van der Waals surface area (Å²) >= 11 is 0. The second-order valence-electron chi connectivity index (χ2n) is 5.00. The third-order valence-electron chi connectivity index (χ3n) is 3.51. The van der Waals surface area contributed by atoms with Crippen LogP contribution in [0.15, 0.2) is 42.5 Å². The predicted molar refractivity (Wildman–Crippen MR) is 70.5 cm³/mol. The highest BCUT2D eigenvalue weighted by atomic mass is 14.4. The molecule has 0 amide bonds. The summed E-state index contributed by atoms with van der Waals surface area (Å²) in [6, 6.07) is 11.0. The molecule has 2 aliphatic carbocycles. The van der Waals surface area contributed by atoms with Gasteiger partial charge in [0.2, 0.25) is 0 Å². The first-order chi connectivity index (χ1) is 7.85. The highest BCUT2D eigenvalue weighted by molar-refractivity contribution is 5.27. The Kier molecular flexibility index (Phi) is 3.82. The lowest BCUT2D eigenvalue weighted by Crippen LogP contribution is -2.04. The van der Waals surface area contributed by atoms with Crippen LogP contribution in [0.3, 0.4) is 0 Å². The molecule has 86 valence electrons. The molecule has 1 aromatic carbocycles. The van der Waals surface area contributed by atoms with Crippen LogP contribution in [0.2, 0.25) is 0 Å². The molecule has 0 heteroatoms. The minimum absolute atomic E-state index is 0.816. The Morgan fingerprint density at radius 1 is 1.00 bits per heavy atom. The van der Waals surface area contributed by atoms with Gasteiger partial charge in [-0.1, -0.05) is 62.8 Å². The lowest BCUT2D eigenvalue weighted by molar-refractivity contribution is 0.585. The van der Waals surface area contributed by atoms with Crippen LogP contribution in [-0.2, 0) is 0 Å². The second-order valence-corrected chi connectivity index (χ2v) is 5.00. The topological polar surface area (TPSA) is 0 Å². The highest BCUT2D eigenvalue weighted by Crippen LogP contribution is 2.48. The van der Waals surface area contributed by atoms with Crippen LogP contribution in [0, 0.1) is 11.8 Å². The fourth-order valence-electron chi connectivity index (χ4n) is 2.86. The normalized spacial score (nSPS) is 30.0. The van der Waals surface area contributed by atoms with E-state index in [1.807, 2.05) is 0 Å². The van der Waals surface area contributed by atoms with Gasteiger partial charge in [0.05, 0.1) is 0 Å². The van der Waals surface area contributed by atoms with Gasteiger partial charge in [-0.15, -0.1) is 0 Å². The van der Waals surface area contributed by atoms with Crippen molar-refractivity contribution in [2.45, 2.75) is 39.0 Å². The molecule has 0 nitrogen and oxygen atoms in total. The number of hydrogen-bond acceptors (Lipinski definition) is 0. The molecule has 3 atom stereocenters. The Morgan fingerprint density at radius 3 is 2.19 bits per heavy atom. The van der Waals surface area contributed by atoms with E-state index in [1.165, 1.54) is 19.3 Å². The number of hydrogen-bond donors (Lipinski definition) is 0. The van der Waals surface area contributed by atoms with Crippen molar-refractivity contribution in [2.24, 2.45) is 11.8 Å². The van der Waals surface area contributed by atoms with Crippen LogP contribution in [0.5, 0.6) is 0 Å². The Hall–Kier alpha value is -1.04. The molecule has 3 unspecified atom stereocenters. The van der Waals surface area contributed by atoms with Gasteiger partial charge >= 0.3 is 0 Å². The fraction of sp³-hybridized carbons (Fsp3) is 0.500. The summed E-state index contributed by atoms with van der Waals surface area (Å²) in [4.78, 5) is 0. The molecule has 1 saturated carbocycles. The summed E-state index contributed by atoms with van der Waals surface area (Å²) in [6.45, 7) is 4.25. The summed E-state index contributed by atoms with van der Waals surface area (Å²) < 4.78 is 0. The predicted octanol–water partition coefficient (Wildman–Crippen LogP) is 4.78. The number of fused-ring (bicyclic) bond motifs is 2. The van der Waals surface area contributed by atoms with Crippen molar-refractivity contribution in [3.63, 3.8) is 0 Å². The molecular formula is C16H22. The van der Waals surface area contributed by atoms with Crippen LogP contribution >= 0.6 is 0 Å². The van der Waals surface area contributed by atoms with Gasteiger partial charge in [-0.25, -0.2) is 0 Å². The van der Waals surface area contributed by atoms with Gasteiger partial charge < -0.3 is 0 Å². The van der Waals surface area contributed by atoms with Gasteiger partial charge in [-0.3, -0.25) is 0 Å². The zero-order valence-electron chi connectivity index (χ0n) is 10.4. The molecule has 0 spiro atoms.